The first-order valence-corrected chi connectivity index (χ1v) is 6.98. The summed E-state index contributed by atoms with van der Waals surface area (Å²) < 4.78 is 12.2. The summed E-state index contributed by atoms with van der Waals surface area (Å²) >= 11 is 6.06. The van der Waals surface area contributed by atoms with Gasteiger partial charge in [0, 0.05) is 6.20 Å². The van der Waals surface area contributed by atoms with Crippen LogP contribution in [0.25, 0.3) is 5.65 Å². The van der Waals surface area contributed by atoms with E-state index in [0.717, 1.165) is 11.3 Å². The van der Waals surface area contributed by atoms with E-state index in [0.29, 0.717) is 16.3 Å². The van der Waals surface area contributed by atoms with Gasteiger partial charge in [0.15, 0.2) is 0 Å². The molecule has 0 fully saturated rings. The van der Waals surface area contributed by atoms with Gasteiger partial charge in [-0.05, 0) is 24.3 Å². The second-order valence-electron chi connectivity index (χ2n) is 4.61. The van der Waals surface area contributed by atoms with E-state index in [4.69, 9.17) is 21.1 Å². The van der Waals surface area contributed by atoms with E-state index in [-0.39, 0.29) is 6.61 Å². The van der Waals surface area contributed by atoms with Crippen molar-refractivity contribution in [3.05, 3.63) is 65.1 Å². The number of aromatic nitrogens is 2. The molecule has 5 nitrogen and oxygen atoms in total. The Balaban J connectivity index is 1.87. The molecule has 0 aliphatic heterocycles. The number of methoxy groups -OCH3 is 1. The summed E-state index contributed by atoms with van der Waals surface area (Å²) in [7, 11) is 1.35. The van der Waals surface area contributed by atoms with Crippen LogP contribution < -0.4 is 4.74 Å². The highest BCUT2D eigenvalue weighted by atomic mass is 35.5. The van der Waals surface area contributed by atoms with Gasteiger partial charge in [0.2, 0.25) is 0 Å². The summed E-state index contributed by atoms with van der Waals surface area (Å²) in [5, 5.41) is 0.548. The van der Waals surface area contributed by atoms with Crippen LogP contribution in [-0.2, 0) is 11.3 Å². The lowest BCUT2D eigenvalue weighted by molar-refractivity contribution is 0.0600. The highest BCUT2D eigenvalue weighted by molar-refractivity contribution is 6.32. The number of imidazole rings is 1. The molecule has 0 radical (unpaired) electrons. The fourth-order valence-corrected chi connectivity index (χ4v) is 2.28. The Morgan fingerprint density at radius 2 is 2.09 bits per heavy atom. The monoisotopic (exact) mass is 316 g/mol. The maximum Gasteiger partial charge on any atom is 0.339 e. The van der Waals surface area contributed by atoms with Crippen molar-refractivity contribution < 1.29 is 14.3 Å². The van der Waals surface area contributed by atoms with Crippen LogP contribution >= 0.6 is 11.6 Å². The van der Waals surface area contributed by atoms with Gasteiger partial charge in [-0.3, -0.25) is 4.40 Å². The number of benzene rings is 1. The van der Waals surface area contributed by atoms with Crippen LogP contribution in [0.3, 0.4) is 0 Å². The van der Waals surface area contributed by atoms with Gasteiger partial charge in [-0.25, -0.2) is 9.78 Å². The first kappa shape index (κ1) is 14.4. The summed E-state index contributed by atoms with van der Waals surface area (Å²) in [5.74, 6) is 0.205. The summed E-state index contributed by atoms with van der Waals surface area (Å²) in [4.78, 5) is 15.9. The minimum atomic E-state index is -0.395. The van der Waals surface area contributed by atoms with Gasteiger partial charge in [-0.1, -0.05) is 23.7 Å². The van der Waals surface area contributed by atoms with Crippen molar-refractivity contribution in [2.75, 3.05) is 7.11 Å². The maximum absolute atomic E-state index is 11.6. The second kappa shape index (κ2) is 6.07. The van der Waals surface area contributed by atoms with Crippen molar-refractivity contribution in [3.8, 4) is 5.75 Å². The molecule has 0 saturated carbocycles. The number of hydrogen-bond donors (Lipinski definition) is 0. The maximum atomic E-state index is 11.6. The third-order valence-electron chi connectivity index (χ3n) is 3.22. The van der Waals surface area contributed by atoms with E-state index in [1.165, 1.54) is 7.11 Å². The van der Waals surface area contributed by atoms with Crippen LogP contribution in [0.5, 0.6) is 5.75 Å². The zero-order valence-electron chi connectivity index (χ0n) is 11.8. The van der Waals surface area contributed by atoms with Gasteiger partial charge >= 0.3 is 5.97 Å². The van der Waals surface area contributed by atoms with Crippen molar-refractivity contribution in [1.29, 1.82) is 0 Å². The van der Waals surface area contributed by atoms with Crippen molar-refractivity contribution in [1.82, 2.24) is 9.38 Å². The zero-order chi connectivity index (χ0) is 15.5. The number of halogens is 1. The largest absolute Gasteiger partial charge is 0.486 e. The minimum absolute atomic E-state index is 0.287. The van der Waals surface area contributed by atoms with Gasteiger partial charge < -0.3 is 9.47 Å². The van der Waals surface area contributed by atoms with E-state index in [1.54, 1.807) is 41.1 Å². The van der Waals surface area contributed by atoms with E-state index in [9.17, 15) is 4.79 Å². The molecule has 2 aromatic heterocycles. The molecule has 0 spiro atoms. The molecule has 2 heterocycles. The number of esters is 1. The van der Waals surface area contributed by atoms with E-state index < -0.39 is 5.97 Å². The van der Waals surface area contributed by atoms with Crippen LogP contribution in [-0.4, -0.2) is 22.5 Å². The van der Waals surface area contributed by atoms with Crippen LogP contribution in [0, 0.1) is 0 Å². The van der Waals surface area contributed by atoms with Gasteiger partial charge in [0.05, 0.1) is 29.6 Å². The van der Waals surface area contributed by atoms with Crippen molar-refractivity contribution in [3.63, 3.8) is 0 Å². The van der Waals surface area contributed by atoms with E-state index in [1.807, 2.05) is 12.1 Å². The van der Waals surface area contributed by atoms with Crippen LogP contribution in [0.2, 0.25) is 5.02 Å². The molecule has 1 aromatic carbocycles. The van der Waals surface area contributed by atoms with Gasteiger partial charge in [0.25, 0.3) is 0 Å². The Morgan fingerprint density at radius 1 is 1.27 bits per heavy atom. The van der Waals surface area contributed by atoms with Gasteiger partial charge in [-0.2, -0.15) is 0 Å². The first-order valence-electron chi connectivity index (χ1n) is 6.60. The zero-order valence-corrected chi connectivity index (χ0v) is 12.6. The fraction of sp³-hybridized carbons (Fsp3) is 0.125. The van der Waals surface area contributed by atoms with Crippen molar-refractivity contribution in [2.24, 2.45) is 0 Å². The molecule has 112 valence electrons. The average Bonchev–Trinajstić information content (AvgIpc) is 2.95. The second-order valence-corrected chi connectivity index (χ2v) is 5.01. The highest BCUT2D eigenvalue weighted by Gasteiger charge is 2.10. The number of pyridine rings is 1. The topological polar surface area (TPSA) is 52.8 Å². The third-order valence-corrected chi connectivity index (χ3v) is 3.53. The fourth-order valence-electron chi connectivity index (χ4n) is 2.09. The number of rotatable bonds is 4. The molecule has 6 heteroatoms. The summed E-state index contributed by atoms with van der Waals surface area (Å²) in [5.41, 5.74) is 1.98. The molecule has 0 aliphatic carbocycles. The average molecular weight is 317 g/mol. The van der Waals surface area contributed by atoms with Crippen molar-refractivity contribution >= 4 is 23.2 Å². The number of fused-ring (bicyclic) bond motifs is 1. The number of para-hydroxylation sites is 1. The van der Waals surface area contributed by atoms with Gasteiger partial charge in [0.1, 0.15) is 18.0 Å². The molecule has 3 aromatic rings. The first-order chi connectivity index (χ1) is 10.7. The van der Waals surface area contributed by atoms with E-state index >= 15 is 0 Å². The van der Waals surface area contributed by atoms with E-state index in [2.05, 4.69) is 4.98 Å². The quantitative estimate of drug-likeness (QED) is 0.693. The number of carbonyl (C=O) groups is 1. The van der Waals surface area contributed by atoms with Crippen LogP contribution in [0.4, 0.5) is 0 Å². The third kappa shape index (κ3) is 2.76. The number of carbonyl (C=O) groups excluding carboxylic acids is 1. The molecule has 0 bridgehead atoms. The van der Waals surface area contributed by atoms with Crippen LogP contribution in [0.1, 0.15) is 16.1 Å². The van der Waals surface area contributed by atoms with Crippen LogP contribution in [0.15, 0.2) is 48.8 Å². The van der Waals surface area contributed by atoms with Gasteiger partial charge in [-0.15, -0.1) is 0 Å². The molecule has 22 heavy (non-hydrogen) atoms. The molecular formula is C16H13ClN2O3. The number of hydrogen-bond acceptors (Lipinski definition) is 4. The smallest absolute Gasteiger partial charge is 0.339 e. The lowest BCUT2D eigenvalue weighted by Crippen LogP contribution is -2.05. The lowest BCUT2D eigenvalue weighted by Gasteiger charge is -2.08. The minimum Gasteiger partial charge on any atom is -0.486 e. The number of nitrogens with zero attached hydrogens (tertiary/aromatic N) is 2. The molecule has 0 atom stereocenters. The molecule has 0 amide bonds. The Bertz CT molecular complexity index is 829. The Labute approximate surface area is 132 Å². The molecule has 3 rings (SSSR count). The predicted octanol–water partition coefficient (Wildman–Crippen LogP) is 3.35. The number of ether oxygens (including phenoxy) is 2. The molecule has 0 aliphatic rings. The SMILES string of the molecule is COC(=O)c1ccc2ncc(COc3ccccc3Cl)n2c1. The Hall–Kier alpha value is -2.53. The summed E-state index contributed by atoms with van der Waals surface area (Å²) in [6.07, 6.45) is 3.38. The molecule has 0 N–H and O–H groups in total. The predicted molar refractivity (Wildman–Crippen MR) is 82.3 cm³/mol. The Morgan fingerprint density at radius 3 is 2.86 bits per heavy atom. The molecule has 0 unspecified atom stereocenters. The molecular weight excluding hydrogens is 304 g/mol. The summed E-state index contributed by atoms with van der Waals surface area (Å²) in [6.45, 7) is 0.287. The lowest BCUT2D eigenvalue weighted by atomic mass is 10.3. The highest BCUT2D eigenvalue weighted by Crippen LogP contribution is 2.24. The normalized spacial score (nSPS) is 10.6. The standard InChI is InChI=1S/C16H13ClN2O3/c1-21-16(20)11-6-7-15-18-8-12(19(15)9-11)10-22-14-5-3-2-4-13(14)17/h2-9H,10H2,1H3. The van der Waals surface area contributed by atoms with Crippen molar-refractivity contribution in [2.45, 2.75) is 6.61 Å². The summed E-state index contributed by atoms with van der Waals surface area (Å²) in [6, 6.07) is 10.7. The molecule has 0 saturated heterocycles. The Kier molecular flexibility index (Phi) is 3.98.